The van der Waals surface area contributed by atoms with Crippen molar-refractivity contribution in [3.63, 3.8) is 0 Å². The lowest BCUT2D eigenvalue weighted by atomic mass is 10.1. The van der Waals surface area contributed by atoms with Crippen molar-refractivity contribution in [1.82, 2.24) is 15.6 Å². The van der Waals surface area contributed by atoms with Gasteiger partial charge < -0.3 is 19.8 Å². The number of hydrogen-bond acceptors (Lipinski definition) is 6. The number of rotatable bonds is 6. The molecule has 1 fully saturated rings. The Bertz CT molecular complexity index is 734. The molecular weight excluding hydrogens is 354 g/mol. The van der Waals surface area contributed by atoms with Gasteiger partial charge in [0, 0.05) is 11.7 Å². The van der Waals surface area contributed by atoms with E-state index in [-0.39, 0.29) is 23.9 Å². The summed E-state index contributed by atoms with van der Waals surface area (Å²) < 4.78 is 9.89. The number of imide groups is 1. The maximum Gasteiger partial charge on any atom is 0.355 e. The van der Waals surface area contributed by atoms with Crippen molar-refractivity contribution >= 4 is 23.9 Å². The van der Waals surface area contributed by atoms with Gasteiger partial charge in [-0.2, -0.15) is 0 Å². The fourth-order valence-electron chi connectivity index (χ4n) is 3.12. The van der Waals surface area contributed by atoms with Crippen LogP contribution in [0.1, 0.15) is 64.7 Å². The van der Waals surface area contributed by atoms with Crippen LogP contribution in [0.15, 0.2) is 0 Å². The number of aromatic nitrogens is 1. The molecule has 9 heteroatoms. The maximum absolute atomic E-state index is 12.2. The molecule has 1 aromatic heterocycles. The second-order valence-corrected chi connectivity index (χ2v) is 6.42. The average Bonchev–Trinajstić information content (AvgIpc) is 3.20. The van der Waals surface area contributed by atoms with E-state index in [1.54, 1.807) is 20.8 Å². The van der Waals surface area contributed by atoms with E-state index in [1.807, 2.05) is 0 Å². The number of amides is 3. The zero-order valence-corrected chi connectivity index (χ0v) is 15.8. The molecule has 1 aliphatic rings. The van der Waals surface area contributed by atoms with Crippen molar-refractivity contribution in [2.45, 2.75) is 52.5 Å². The summed E-state index contributed by atoms with van der Waals surface area (Å²) in [6.45, 7) is 4.51. The largest absolute Gasteiger partial charge is 0.462 e. The van der Waals surface area contributed by atoms with Gasteiger partial charge in [0.2, 0.25) is 0 Å². The fraction of sp³-hybridized carbons (Fsp3) is 0.556. The monoisotopic (exact) mass is 379 g/mol. The first-order valence-electron chi connectivity index (χ1n) is 8.97. The summed E-state index contributed by atoms with van der Waals surface area (Å²) in [6, 6.07) is -0.523. The molecule has 2 rings (SSSR count). The Morgan fingerprint density at radius 3 is 2.37 bits per heavy atom. The van der Waals surface area contributed by atoms with Gasteiger partial charge in [0.25, 0.3) is 5.91 Å². The Hall–Kier alpha value is -2.84. The van der Waals surface area contributed by atoms with Crippen molar-refractivity contribution in [2.75, 3.05) is 13.2 Å². The van der Waals surface area contributed by atoms with Gasteiger partial charge in [-0.05, 0) is 39.2 Å². The van der Waals surface area contributed by atoms with Crippen LogP contribution in [-0.2, 0) is 14.3 Å². The second kappa shape index (κ2) is 9.20. The van der Waals surface area contributed by atoms with Gasteiger partial charge in [0.05, 0.1) is 12.2 Å². The van der Waals surface area contributed by atoms with Crippen molar-refractivity contribution in [2.24, 2.45) is 0 Å². The number of H-pyrrole nitrogens is 1. The zero-order valence-electron chi connectivity index (χ0n) is 15.8. The molecule has 0 aromatic carbocycles. The Labute approximate surface area is 157 Å². The van der Waals surface area contributed by atoms with Gasteiger partial charge >= 0.3 is 18.0 Å². The van der Waals surface area contributed by atoms with Crippen LogP contribution in [0.3, 0.4) is 0 Å². The van der Waals surface area contributed by atoms with Gasteiger partial charge in [-0.25, -0.2) is 14.4 Å². The Morgan fingerprint density at radius 2 is 1.74 bits per heavy atom. The maximum atomic E-state index is 12.2. The zero-order chi connectivity index (χ0) is 20.0. The third-order valence-electron chi connectivity index (χ3n) is 4.40. The molecule has 148 valence electrons. The molecule has 1 aliphatic carbocycles. The molecule has 0 bridgehead atoms. The van der Waals surface area contributed by atoms with Crippen molar-refractivity contribution in [3.05, 3.63) is 22.5 Å². The standard InChI is InChI=1S/C18H25N3O6/c1-4-26-16(23)14-10(2)15(19-11(14)3)17(24)27-9-13(22)21-18(25)20-12-7-5-6-8-12/h12,19H,4-9H2,1-3H3,(H2,20,21,22,25). The van der Waals surface area contributed by atoms with Crippen LogP contribution in [0.5, 0.6) is 0 Å². The fourth-order valence-corrected chi connectivity index (χ4v) is 3.12. The molecule has 1 heterocycles. The van der Waals surface area contributed by atoms with Crippen molar-refractivity contribution in [1.29, 1.82) is 0 Å². The lowest BCUT2D eigenvalue weighted by molar-refractivity contribution is -0.123. The second-order valence-electron chi connectivity index (χ2n) is 6.42. The number of urea groups is 1. The number of carbonyl (C=O) groups excluding carboxylic acids is 4. The van der Waals surface area contributed by atoms with Crippen LogP contribution in [0.25, 0.3) is 0 Å². The molecule has 0 atom stereocenters. The molecule has 1 aromatic rings. The van der Waals surface area contributed by atoms with E-state index in [0.717, 1.165) is 25.7 Å². The minimum absolute atomic E-state index is 0.0683. The summed E-state index contributed by atoms with van der Waals surface area (Å²) in [4.78, 5) is 50.4. The summed E-state index contributed by atoms with van der Waals surface area (Å²) >= 11 is 0. The Kier molecular flexibility index (Phi) is 6.98. The molecule has 0 unspecified atom stereocenters. The number of hydrogen-bond donors (Lipinski definition) is 3. The topological polar surface area (TPSA) is 127 Å². The minimum atomic E-state index is -0.794. The Balaban J connectivity index is 1.87. The van der Waals surface area contributed by atoms with Gasteiger partial charge in [-0.15, -0.1) is 0 Å². The Morgan fingerprint density at radius 1 is 1.07 bits per heavy atom. The number of aryl methyl sites for hydroxylation is 1. The van der Waals surface area contributed by atoms with Gasteiger partial charge in [0.1, 0.15) is 5.69 Å². The molecule has 3 amide bonds. The van der Waals surface area contributed by atoms with Crippen molar-refractivity contribution in [3.8, 4) is 0 Å². The highest BCUT2D eigenvalue weighted by atomic mass is 16.5. The van der Waals surface area contributed by atoms with Crippen LogP contribution >= 0.6 is 0 Å². The van der Waals surface area contributed by atoms with Crippen LogP contribution in [-0.4, -0.2) is 48.1 Å². The predicted octanol–water partition coefficient (Wildman–Crippen LogP) is 1.73. The van der Waals surface area contributed by atoms with E-state index in [0.29, 0.717) is 11.3 Å². The van der Waals surface area contributed by atoms with E-state index in [9.17, 15) is 19.2 Å². The minimum Gasteiger partial charge on any atom is -0.462 e. The van der Waals surface area contributed by atoms with E-state index >= 15 is 0 Å². The summed E-state index contributed by atoms with van der Waals surface area (Å²) in [5.41, 5.74) is 1.19. The number of ether oxygens (including phenoxy) is 2. The number of esters is 2. The molecular formula is C18H25N3O6. The van der Waals surface area contributed by atoms with E-state index in [2.05, 4.69) is 15.6 Å². The molecule has 9 nitrogen and oxygen atoms in total. The number of carbonyl (C=O) groups is 4. The van der Waals surface area contributed by atoms with Crippen LogP contribution in [0.2, 0.25) is 0 Å². The molecule has 27 heavy (non-hydrogen) atoms. The average molecular weight is 379 g/mol. The first-order valence-corrected chi connectivity index (χ1v) is 8.97. The molecule has 1 saturated carbocycles. The van der Waals surface area contributed by atoms with Gasteiger partial charge in [0.15, 0.2) is 6.61 Å². The lowest BCUT2D eigenvalue weighted by Crippen LogP contribution is -2.45. The number of nitrogens with one attached hydrogen (secondary N) is 3. The molecule has 0 saturated heterocycles. The summed E-state index contributed by atoms with van der Waals surface area (Å²) in [5.74, 6) is -2.06. The van der Waals surface area contributed by atoms with Gasteiger partial charge in [-0.1, -0.05) is 12.8 Å². The quantitative estimate of drug-likeness (QED) is 0.646. The number of aromatic amines is 1. The first kappa shape index (κ1) is 20.5. The van der Waals surface area contributed by atoms with Crippen LogP contribution in [0.4, 0.5) is 4.79 Å². The SMILES string of the molecule is CCOC(=O)c1c(C)[nH]c(C(=O)OCC(=O)NC(=O)NC2CCCC2)c1C. The smallest absolute Gasteiger partial charge is 0.355 e. The highest BCUT2D eigenvalue weighted by Gasteiger charge is 2.24. The third kappa shape index (κ3) is 5.32. The van der Waals surface area contributed by atoms with E-state index in [4.69, 9.17) is 9.47 Å². The van der Waals surface area contributed by atoms with Crippen LogP contribution in [0, 0.1) is 13.8 Å². The third-order valence-corrected chi connectivity index (χ3v) is 4.40. The van der Waals surface area contributed by atoms with E-state index < -0.39 is 30.5 Å². The molecule has 0 aliphatic heterocycles. The highest BCUT2D eigenvalue weighted by Crippen LogP contribution is 2.20. The van der Waals surface area contributed by atoms with E-state index in [1.165, 1.54) is 0 Å². The normalized spacial score (nSPS) is 13.9. The summed E-state index contributed by atoms with van der Waals surface area (Å²) in [7, 11) is 0. The first-order chi connectivity index (χ1) is 12.8. The molecule has 0 radical (unpaired) electrons. The summed E-state index contributed by atoms with van der Waals surface area (Å²) in [6.07, 6.45) is 3.90. The van der Waals surface area contributed by atoms with Crippen LogP contribution < -0.4 is 10.6 Å². The van der Waals surface area contributed by atoms with Gasteiger partial charge in [-0.3, -0.25) is 10.1 Å². The molecule has 3 N–H and O–H groups in total. The highest BCUT2D eigenvalue weighted by molar-refractivity contribution is 6.00. The summed E-state index contributed by atoms with van der Waals surface area (Å²) in [5, 5.41) is 4.83. The molecule has 0 spiro atoms. The van der Waals surface area contributed by atoms with Crippen molar-refractivity contribution < 1.29 is 28.7 Å². The predicted molar refractivity (Wildman–Crippen MR) is 95.4 cm³/mol. The lowest BCUT2D eigenvalue weighted by Gasteiger charge is -2.12.